The lowest BCUT2D eigenvalue weighted by atomic mass is 10.2. The molecule has 3 rings (SSSR count). The first-order valence-electron chi connectivity index (χ1n) is 6.58. The van der Waals surface area contributed by atoms with Gasteiger partial charge in [-0.25, -0.2) is 14.4 Å². The van der Waals surface area contributed by atoms with Crippen molar-refractivity contribution in [2.45, 2.75) is 26.3 Å². The minimum absolute atomic E-state index is 0.0825. The number of hydrogen-bond acceptors (Lipinski definition) is 4. The number of anilines is 1. The largest absolute Gasteiger partial charge is 0.369 e. The molecule has 2 aromatic heterocycles. The number of halogens is 2. The van der Waals surface area contributed by atoms with E-state index in [0.717, 1.165) is 11.4 Å². The van der Waals surface area contributed by atoms with Crippen LogP contribution in [0.2, 0.25) is 0 Å². The number of thiazole rings is 1. The van der Waals surface area contributed by atoms with Crippen LogP contribution in [0.25, 0.3) is 11.0 Å². The topological polar surface area (TPSA) is 56.7 Å². The SMILES string of the molecule is CCc1cnc(C(C)n2c(N)nc3cc(Br)c(F)cc32)s1. The quantitative estimate of drug-likeness (QED) is 0.755. The van der Waals surface area contributed by atoms with Crippen LogP contribution in [0.5, 0.6) is 0 Å². The van der Waals surface area contributed by atoms with Crippen LogP contribution in [0.1, 0.15) is 29.8 Å². The molecule has 0 aliphatic rings. The lowest BCUT2D eigenvalue weighted by Gasteiger charge is -2.13. The van der Waals surface area contributed by atoms with Gasteiger partial charge in [-0.1, -0.05) is 6.92 Å². The Bertz CT molecular complexity index is 811. The zero-order valence-corrected chi connectivity index (χ0v) is 14.0. The number of nitrogens with zero attached hydrogens (tertiary/aromatic N) is 3. The van der Waals surface area contributed by atoms with Crippen LogP contribution in [0.3, 0.4) is 0 Å². The number of fused-ring (bicyclic) bond motifs is 1. The normalized spacial score (nSPS) is 13.0. The molecule has 110 valence electrons. The number of hydrogen-bond donors (Lipinski definition) is 1. The van der Waals surface area contributed by atoms with E-state index in [9.17, 15) is 4.39 Å². The molecule has 3 aromatic rings. The fraction of sp³-hybridized carbons (Fsp3) is 0.286. The Morgan fingerprint density at radius 3 is 2.90 bits per heavy atom. The summed E-state index contributed by atoms with van der Waals surface area (Å²) in [6, 6.07) is 3.01. The summed E-state index contributed by atoms with van der Waals surface area (Å²) in [5.41, 5.74) is 7.36. The van der Waals surface area contributed by atoms with Crippen LogP contribution in [0.15, 0.2) is 22.8 Å². The summed E-state index contributed by atoms with van der Waals surface area (Å²) in [6.07, 6.45) is 2.83. The van der Waals surface area contributed by atoms with Crippen molar-refractivity contribution in [3.8, 4) is 0 Å². The highest BCUT2D eigenvalue weighted by Crippen LogP contribution is 2.31. The molecule has 7 heteroatoms. The highest BCUT2D eigenvalue weighted by molar-refractivity contribution is 9.10. The first-order valence-corrected chi connectivity index (χ1v) is 8.19. The molecule has 1 unspecified atom stereocenters. The number of benzene rings is 1. The highest BCUT2D eigenvalue weighted by atomic mass is 79.9. The van der Waals surface area contributed by atoms with Gasteiger partial charge in [0.15, 0.2) is 0 Å². The Kier molecular flexibility index (Phi) is 3.71. The molecule has 4 nitrogen and oxygen atoms in total. The molecule has 1 aromatic carbocycles. The van der Waals surface area contributed by atoms with Gasteiger partial charge in [0.25, 0.3) is 0 Å². The monoisotopic (exact) mass is 368 g/mol. The van der Waals surface area contributed by atoms with Gasteiger partial charge in [0, 0.05) is 17.1 Å². The van der Waals surface area contributed by atoms with Gasteiger partial charge in [0.05, 0.1) is 21.5 Å². The van der Waals surface area contributed by atoms with Crippen molar-refractivity contribution in [3.05, 3.63) is 38.5 Å². The van der Waals surface area contributed by atoms with Crippen molar-refractivity contribution < 1.29 is 4.39 Å². The van der Waals surface area contributed by atoms with Gasteiger partial charge in [0.2, 0.25) is 5.95 Å². The van der Waals surface area contributed by atoms with E-state index in [-0.39, 0.29) is 11.9 Å². The molecule has 0 aliphatic carbocycles. The molecule has 0 aliphatic heterocycles. The van der Waals surface area contributed by atoms with Crippen LogP contribution in [-0.2, 0) is 6.42 Å². The predicted molar refractivity (Wildman–Crippen MR) is 87.1 cm³/mol. The Morgan fingerprint density at radius 2 is 2.24 bits per heavy atom. The second-order valence-electron chi connectivity index (χ2n) is 4.79. The fourth-order valence-electron chi connectivity index (χ4n) is 2.31. The van der Waals surface area contributed by atoms with Gasteiger partial charge in [0.1, 0.15) is 10.8 Å². The second kappa shape index (κ2) is 5.38. The molecular formula is C14H14BrFN4S. The van der Waals surface area contributed by atoms with Gasteiger partial charge in [-0.15, -0.1) is 11.3 Å². The first kappa shape index (κ1) is 14.5. The van der Waals surface area contributed by atoms with Crippen molar-refractivity contribution >= 4 is 44.2 Å². The average Bonchev–Trinajstić information content (AvgIpc) is 3.03. The standard InChI is InChI=1S/C14H14BrFN4S/c1-3-8-6-18-13(21-8)7(2)20-12-5-10(16)9(15)4-11(12)19-14(20)17/h4-7H,3H2,1-2H3,(H2,17,19). The zero-order chi connectivity index (χ0) is 15.1. The van der Waals surface area contributed by atoms with E-state index in [1.54, 1.807) is 17.4 Å². The van der Waals surface area contributed by atoms with Crippen LogP contribution < -0.4 is 5.73 Å². The summed E-state index contributed by atoms with van der Waals surface area (Å²) >= 11 is 4.81. The molecule has 0 spiro atoms. The number of aromatic nitrogens is 3. The van der Waals surface area contributed by atoms with E-state index in [1.807, 2.05) is 17.7 Å². The molecule has 0 fully saturated rings. The Labute approximate surface area is 134 Å². The van der Waals surface area contributed by atoms with Gasteiger partial charge in [-0.2, -0.15) is 0 Å². The smallest absolute Gasteiger partial charge is 0.201 e. The third-order valence-corrected chi connectivity index (χ3v) is 5.34. The lowest BCUT2D eigenvalue weighted by Crippen LogP contribution is -2.09. The maximum absolute atomic E-state index is 13.8. The number of nitrogens with two attached hydrogens (primary N) is 1. The maximum Gasteiger partial charge on any atom is 0.201 e. The molecule has 0 radical (unpaired) electrons. The van der Waals surface area contributed by atoms with Gasteiger partial charge >= 0.3 is 0 Å². The summed E-state index contributed by atoms with van der Waals surface area (Å²) < 4.78 is 16.0. The molecule has 0 saturated heterocycles. The predicted octanol–water partition coefficient (Wildman–Crippen LogP) is 4.15. The molecule has 0 saturated carbocycles. The first-order chi connectivity index (χ1) is 10.0. The zero-order valence-electron chi connectivity index (χ0n) is 11.6. The second-order valence-corrected chi connectivity index (χ2v) is 6.79. The molecule has 0 amide bonds. The molecule has 0 bridgehead atoms. The number of nitrogen functional groups attached to an aromatic ring is 1. The maximum atomic E-state index is 13.8. The summed E-state index contributed by atoms with van der Waals surface area (Å²) in [4.78, 5) is 9.97. The van der Waals surface area contributed by atoms with Crippen molar-refractivity contribution in [2.75, 3.05) is 5.73 Å². The Hall–Kier alpha value is -1.47. The summed E-state index contributed by atoms with van der Waals surface area (Å²) in [5.74, 6) is 0.0347. The van der Waals surface area contributed by atoms with E-state index in [4.69, 9.17) is 5.73 Å². The molecule has 21 heavy (non-hydrogen) atoms. The highest BCUT2D eigenvalue weighted by Gasteiger charge is 2.19. The Morgan fingerprint density at radius 1 is 1.48 bits per heavy atom. The number of rotatable bonds is 3. The van der Waals surface area contributed by atoms with Gasteiger partial charge in [-0.3, -0.25) is 0 Å². The van der Waals surface area contributed by atoms with E-state index >= 15 is 0 Å². The van der Waals surface area contributed by atoms with Crippen LogP contribution in [0, 0.1) is 5.82 Å². The van der Waals surface area contributed by atoms with Crippen molar-refractivity contribution in [1.29, 1.82) is 0 Å². The van der Waals surface area contributed by atoms with E-state index < -0.39 is 0 Å². The lowest BCUT2D eigenvalue weighted by molar-refractivity contribution is 0.618. The van der Waals surface area contributed by atoms with Crippen LogP contribution in [0.4, 0.5) is 10.3 Å². The molecule has 2 N–H and O–H groups in total. The summed E-state index contributed by atoms with van der Waals surface area (Å²) in [6.45, 7) is 4.09. The van der Waals surface area contributed by atoms with Crippen LogP contribution >= 0.6 is 27.3 Å². The van der Waals surface area contributed by atoms with Crippen molar-refractivity contribution in [3.63, 3.8) is 0 Å². The molecule has 1 atom stereocenters. The van der Waals surface area contributed by atoms with Gasteiger partial charge < -0.3 is 10.3 Å². The molecule has 2 heterocycles. The van der Waals surface area contributed by atoms with Gasteiger partial charge in [-0.05, 0) is 35.3 Å². The van der Waals surface area contributed by atoms with Crippen LogP contribution in [-0.4, -0.2) is 14.5 Å². The summed E-state index contributed by atoms with van der Waals surface area (Å²) in [5, 5.41) is 0.946. The van der Waals surface area contributed by atoms with Crippen molar-refractivity contribution in [1.82, 2.24) is 14.5 Å². The molecular weight excluding hydrogens is 355 g/mol. The minimum Gasteiger partial charge on any atom is -0.369 e. The fourth-order valence-corrected chi connectivity index (χ4v) is 3.54. The number of aryl methyl sites for hydroxylation is 1. The Balaban J connectivity index is 2.14. The van der Waals surface area contributed by atoms with E-state index in [1.165, 1.54) is 10.9 Å². The number of imidazole rings is 1. The third-order valence-electron chi connectivity index (χ3n) is 3.42. The van der Waals surface area contributed by atoms with Crippen molar-refractivity contribution in [2.24, 2.45) is 0 Å². The van der Waals surface area contributed by atoms with E-state index in [0.29, 0.717) is 21.5 Å². The summed E-state index contributed by atoms with van der Waals surface area (Å²) in [7, 11) is 0. The average molecular weight is 369 g/mol. The third kappa shape index (κ3) is 2.44. The minimum atomic E-state index is -0.329. The van der Waals surface area contributed by atoms with E-state index in [2.05, 4.69) is 32.8 Å².